The van der Waals surface area contributed by atoms with E-state index in [1.807, 2.05) is 18.2 Å². The summed E-state index contributed by atoms with van der Waals surface area (Å²) < 4.78 is 0. The molecule has 5 nitrogen and oxygen atoms in total. The summed E-state index contributed by atoms with van der Waals surface area (Å²) in [5.41, 5.74) is 2.24. The van der Waals surface area contributed by atoms with Gasteiger partial charge in [0, 0.05) is 18.5 Å². The Hall–Kier alpha value is -2.82. The fraction of sp³-hybridized carbons (Fsp3) is 0.125. The smallest absolute Gasteiger partial charge is 0.262 e. The maximum Gasteiger partial charge on any atom is 0.262 e. The standard InChI is InChI=1S/C16H14N2O3/c19-15-8-4-2-6-12(15)16(20)18-10-9-13(17-21)11-5-1-3-7-14(11)18/h1-8,19,21H,9-10H2. The van der Waals surface area contributed by atoms with Crippen molar-refractivity contribution in [2.45, 2.75) is 6.42 Å². The average molecular weight is 282 g/mol. The maximum absolute atomic E-state index is 12.6. The summed E-state index contributed by atoms with van der Waals surface area (Å²) in [6, 6.07) is 13.7. The fourth-order valence-corrected chi connectivity index (χ4v) is 2.54. The van der Waals surface area contributed by atoms with Crippen LogP contribution in [0.1, 0.15) is 22.3 Å². The molecule has 0 aliphatic carbocycles. The topological polar surface area (TPSA) is 73.1 Å². The van der Waals surface area contributed by atoms with Crippen LogP contribution < -0.4 is 4.90 Å². The van der Waals surface area contributed by atoms with Crippen molar-refractivity contribution in [1.29, 1.82) is 0 Å². The van der Waals surface area contributed by atoms with Crippen LogP contribution in [-0.4, -0.2) is 28.5 Å². The highest BCUT2D eigenvalue weighted by atomic mass is 16.4. The number of carbonyl (C=O) groups is 1. The lowest BCUT2D eigenvalue weighted by Crippen LogP contribution is -2.37. The molecule has 0 saturated heterocycles. The van der Waals surface area contributed by atoms with Crippen molar-refractivity contribution in [3.63, 3.8) is 0 Å². The summed E-state index contributed by atoms with van der Waals surface area (Å²) in [5.74, 6) is -0.306. The third-order valence-electron chi connectivity index (χ3n) is 3.58. The van der Waals surface area contributed by atoms with Crippen LogP contribution >= 0.6 is 0 Å². The van der Waals surface area contributed by atoms with Gasteiger partial charge in [-0.2, -0.15) is 0 Å². The molecule has 5 heteroatoms. The second-order valence-corrected chi connectivity index (χ2v) is 4.79. The van der Waals surface area contributed by atoms with Crippen LogP contribution in [0.2, 0.25) is 0 Å². The molecule has 0 unspecified atom stereocenters. The van der Waals surface area contributed by atoms with Crippen LogP contribution in [0.4, 0.5) is 5.69 Å². The number of oxime groups is 1. The Kier molecular flexibility index (Phi) is 3.31. The predicted octanol–water partition coefficient (Wildman–Crippen LogP) is 2.62. The largest absolute Gasteiger partial charge is 0.507 e. The van der Waals surface area contributed by atoms with Crippen molar-refractivity contribution < 1.29 is 15.1 Å². The van der Waals surface area contributed by atoms with Crippen molar-refractivity contribution in [3.8, 4) is 5.75 Å². The van der Waals surface area contributed by atoms with Crippen LogP contribution in [0.25, 0.3) is 0 Å². The SMILES string of the molecule is O=C(c1ccccc1O)N1CCC(=NO)c2ccccc21. The van der Waals surface area contributed by atoms with Crippen molar-refractivity contribution in [1.82, 2.24) is 0 Å². The predicted molar refractivity (Wildman–Crippen MR) is 79.2 cm³/mol. The summed E-state index contributed by atoms with van der Waals surface area (Å²) in [5, 5.41) is 22.2. The number of phenols is 1. The molecule has 1 heterocycles. The highest BCUT2D eigenvalue weighted by Crippen LogP contribution is 2.30. The summed E-state index contributed by atoms with van der Waals surface area (Å²) in [6.45, 7) is 0.406. The first-order chi connectivity index (χ1) is 10.2. The van der Waals surface area contributed by atoms with E-state index in [1.165, 1.54) is 6.07 Å². The maximum atomic E-state index is 12.6. The Labute approximate surface area is 121 Å². The molecular formula is C16H14N2O3. The van der Waals surface area contributed by atoms with E-state index < -0.39 is 0 Å². The zero-order chi connectivity index (χ0) is 14.8. The number of phenolic OH excluding ortho intramolecular Hbond substituents is 1. The average Bonchev–Trinajstić information content (AvgIpc) is 2.53. The van der Waals surface area contributed by atoms with Gasteiger partial charge in [-0.1, -0.05) is 35.5 Å². The number of carbonyl (C=O) groups excluding carboxylic acids is 1. The normalized spacial score (nSPS) is 15.8. The molecule has 2 aromatic carbocycles. The highest BCUT2D eigenvalue weighted by molar-refractivity contribution is 6.15. The fourth-order valence-electron chi connectivity index (χ4n) is 2.54. The molecule has 0 fully saturated rings. The Bertz CT molecular complexity index is 725. The molecule has 2 N–H and O–H groups in total. The first-order valence-corrected chi connectivity index (χ1v) is 6.62. The van der Waals surface area contributed by atoms with Gasteiger partial charge in [-0.25, -0.2) is 0 Å². The summed E-state index contributed by atoms with van der Waals surface area (Å²) in [6.07, 6.45) is 0.465. The van der Waals surface area contributed by atoms with Crippen LogP contribution in [0, 0.1) is 0 Å². The molecule has 3 rings (SSSR count). The van der Waals surface area contributed by atoms with Gasteiger partial charge in [-0.05, 0) is 18.2 Å². The number of benzene rings is 2. The van der Waals surface area contributed by atoms with Crippen molar-refractivity contribution in [3.05, 3.63) is 59.7 Å². The summed E-state index contributed by atoms with van der Waals surface area (Å²) in [4.78, 5) is 14.2. The third-order valence-corrected chi connectivity index (χ3v) is 3.58. The van der Waals surface area contributed by atoms with E-state index in [4.69, 9.17) is 5.21 Å². The Morgan fingerprint density at radius 1 is 1.10 bits per heavy atom. The first kappa shape index (κ1) is 13.2. The molecule has 21 heavy (non-hydrogen) atoms. The van der Waals surface area contributed by atoms with E-state index in [0.29, 0.717) is 24.4 Å². The number of aromatic hydroxyl groups is 1. The number of hydrogen-bond donors (Lipinski definition) is 2. The Balaban J connectivity index is 2.05. The lowest BCUT2D eigenvalue weighted by molar-refractivity contribution is 0.0984. The number of fused-ring (bicyclic) bond motifs is 1. The molecule has 0 aromatic heterocycles. The van der Waals surface area contributed by atoms with Gasteiger partial charge in [-0.15, -0.1) is 0 Å². The van der Waals surface area contributed by atoms with E-state index in [9.17, 15) is 9.90 Å². The van der Waals surface area contributed by atoms with E-state index in [2.05, 4.69) is 5.16 Å². The van der Waals surface area contributed by atoms with Gasteiger partial charge in [0.05, 0.1) is 17.0 Å². The van der Waals surface area contributed by atoms with Gasteiger partial charge in [0.1, 0.15) is 5.75 Å². The van der Waals surface area contributed by atoms with E-state index in [0.717, 1.165) is 5.56 Å². The summed E-state index contributed by atoms with van der Waals surface area (Å²) >= 11 is 0. The van der Waals surface area contributed by atoms with Gasteiger partial charge < -0.3 is 15.2 Å². The van der Waals surface area contributed by atoms with Crippen molar-refractivity contribution in [2.75, 3.05) is 11.4 Å². The molecule has 1 aliphatic rings. The van der Waals surface area contributed by atoms with E-state index in [-0.39, 0.29) is 17.2 Å². The zero-order valence-electron chi connectivity index (χ0n) is 11.2. The molecular weight excluding hydrogens is 268 g/mol. The van der Waals surface area contributed by atoms with Crippen LogP contribution in [0.15, 0.2) is 53.7 Å². The van der Waals surface area contributed by atoms with E-state index >= 15 is 0 Å². The molecule has 1 amide bonds. The molecule has 0 saturated carbocycles. The number of nitrogens with zero attached hydrogens (tertiary/aromatic N) is 2. The molecule has 0 atom stereocenters. The first-order valence-electron chi connectivity index (χ1n) is 6.62. The second kappa shape index (κ2) is 5.28. The third kappa shape index (κ3) is 2.23. The monoisotopic (exact) mass is 282 g/mol. The van der Waals surface area contributed by atoms with E-state index in [1.54, 1.807) is 29.2 Å². The molecule has 1 aliphatic heterocycles. The van der Waals surface area contributed by atoms with Gasteiger partial charge in [0.2, 0.25) is 0 Å². The van der Waals surface area contributed by atoms with Crippen LogP contribution in [0.3, 0.4) is 0 Å². The minimum absolute atomic E-state index is 0.0402. The van der Waals surface area contributed by atoms with Gasteiger partial charge in [0.25, 0.3) is 5.91 Å². The lowest BCUT2D eigenvalue weighted by atomic mass is 9.98. The Morgan fingerprint density at radius 3 is 2.57 bits per heavy atom. The highest BCUT2D eigenvalue weighted by Gasteiger charge is 2.27. The number of rotatable bonds is 1. The lowest BCUT2D eigenvalue weighted by Gasteiger charge is -2.30. The molecule has 0 spiro atoms. The van der Waals surface area contributed by atoms with Gasteiger partial charge in [0.15, 0.2) is 0 Å². The van der Waals surface area contributed by atoms with Crippen LogP contribution in [0.5, 0.6) is 5.75 Å². The number of amides is 1. The minimum Gasteiger partial charge on any atom is -0.507 e. The van der Waals surface area contributed by atoms with Crippen LogP contribution in [-0.2, 0) is 0 Å². The van der Waals surface area contributed by atoms with Gasteiger partial charge in [-0.3, -0.25) is 4.79 Å². The second-order valence-electron chi connectivity index (χ2n) is 4.79. The quantitative estimate of drug-likeness (QED) is 0.623. The molecule has 0 radical (unpaired) electrons. The van der Waals surface area contributed by atoms with Crippen molar-refractivity contribution >= 4 is 17.3 Å². The molecule has 106 valence electrons. The molecule has 2 aromatic rings. The molecule has 0 bridgehead atoms. The number of hydrogen-bond acceptors (Lipinski definition) is 4. The van der Waals surface area contributed by atoms with Crippen molar-refractivity contribution in [2.24, 2.45) is 5.16 Å². The number of anilines is 1. The Morgan fingerprint density at radius 2 is 1.81 bits per heavy atom. The zero-order valence-corrected chi connectivity index (χ0v) is 11.2. The minimum atomic E-state index is -0.266. The number of para-hydroxylation sites is 2. The summed E-state index contributed by atoms with van der Waals surface area (Å²) in [7, 11) is 0. The van der Waals surface area contributed by atoms with Gasteiger partial charge >= 0.3 is 0 Å².